The van der Waals surface area contributed by atoms with Crippen molar-refractivity contribution in [2.75, 3.05) is 0 Å². The molecule has 1 aliphatic carbocycles. The Kier molecular flexibility index (Phi) is 8.88. The lowest BCUT2D eigenvalue weighted by atomic mass is 9.78. The van der Waals surface area contributed by atoms with Crippen LogP contribution in [0, 0.1) is 17.8 Å². The largest absolute Gasteiger partial charge is 0.154 e. The third kappa shape index (κ3) is 6.63. The highest BCUT2D eigenvalue weighted by Gasteiger charge is 2.23. The first-order valence-corrected chi connectivity index (χ1v) is 10.2. The van der Waals surface area contributed by atoms with Gasteiger partial charge in [0.05, 0.1) is 5.69 Å². The second-order valence-electron chi connectivity index (χ2n) is 7.32. The SMILES string of the molecule is CCCC#Cc1ccc(C2CCC(CCCCCCC)CC2)nn1. The van der Waals surface area contributed by atoms with E-state index in [1.165, 1.54) is 69.9 Å². The summed E-state index contributed by atoms with van der Waals surface area (Å²) < 4.78 is 0. The Hall–Kier alpha value is -1.36. The average molecular weight is 327 g/mol. The molecule has 2 heteroatoms. The molecule has 24 heavy (non-hydrogen) atoms. The predicted octanol–water partition coefficient (Wildman–Crippen LogP) is 6.26. The summed E-state index contributed by atoms with van der Waals surface area (Å²) in [6, 6.07) is 4.20. The molecule has 1 saturated carbocycles. The summed E-state index contributed by atoms with van der Waals surface area (Å²) in [5.74, 6) is 7.80. The van der Waals surface area contributed by atoms with Crippen LogP contribution in [0.15, 0.2) is 12.1 Å². The van der Waals surface area contributed by atoms with Crippen LogP contribution in [-0.4, -0.2) is 10.2 Å². The van der Waals surface area contributed by atoms with Crippen LogP contribution in [-0.2, 0) is 0 Å². The lowest BCUT2D eigenvalue weighted by molar-refractivity contribution is 0.298. The van der Waals surface area contributed by atoms with Crippen LogP contribution in [0.2, 0.25) is 0 Å². The molecule has 0 bridgehead atoms. The molecule has 0 aliphatic heterocycles. The van der Waals surface area contributed by atoms with Crippen molar-refractivity contribution in [2.45, 2.75) is 96.8 Å². The quantitative estimate of drug-likeness (QED) is 0.416. The number of nitrogens with zero attached hydrogens (tertiary/aromatic N) is 2. The zero-order chi connectivity index (χ0) is 17.0. The van der Waals surface area contributed by atoms with Crippen LogP contribution < -0.4 is 0 Å². The molecule has 1 aromatic rings. The van der Waals surface area contributed by atoms with Crippen LogP contribution in [0.5, 0.6) is 0 Å². The fourth-order valence-electron chi connectivity index (χ4n) is 3.69. The summed E-state index contributed by atoms with van der Waals surface area (Å²) in [7, 11) is 0. The van der Waals surface area contributed by atoms with Gasteiger partial charge >= 0.3 is 0 Å². The standard InChI is InChI=1S/C22H34N2/c1-3-5-7-8-10-11-19-13-15-20(16-14-19)22-18-17-21(23-24-22)12-9-6-4-2/h17-20H,3-8,10-11,13-16H2,1-2H3. The van der Waals surface area contributed by atoms with E-state index in [4.69, 9.17) is 0 Å². The first-order valence-electron chi connectivity index (χ1n) is 10.2. The average Bonchev–Trinajstić information content (AvgIpc) is 2.63. The monoisotopic (exact) mass is 326 g/mol. The normalized spacial score (nSPS) is 20.4. The molecule has 0 saturated heterocycles. The summed E-state index contributed by atoms with van der Waals surface area (Å²) in [5.41, 5.74) is 1.99. The van der Waals surface area contributed by atoms with Crippen molar-refractivity contribution >= 4 is 0 Å². The van der Waals surface area contributed by atoms with Crippen LogP contribution in [0.25, 0.3) is 0 Å². The van der Waals surface area contributed by atoms with Gasteiger partial charge in [-0.15, -0.1) is 5.10 Å². The predicted molar refractivity (Wildman–Crippen MR) is 102 cm³/mol. The molecule has 0 spiro atoms. The topological polar surface area (TPSA) is 25.8 Å². The van der Waals surface area contributed by atoms with Crippen molar-refractivity contribution in [3.05, 3.63) is 23.5 Å². The molecule has 2 nitrogen and oxygen atoms in total. The fourth-order valence-corrected chi connectivity index (χ4v) is 3.69. The Morgan fingerprint density at radius 3 is 2.38 bits per heavy atom. The van der Waals surface area contributed by atoms with Gasteiger partial charge in [0.2, 0.25) is 0 Å². The zero-order valence-corrected chi connectivity index (χ0v) is 15.7. The maximum atomic E-state index is 4.45. The Morgan fingerprint density at radius 1 is 0.917 bits per heavy atom. The van der Waals surface area contributed by atoms with Crippen molar-refractivity contribution < 1.29 is 0 Å². The number of aromatic nitrogens is 2. The van der Waals surface area contributed by atoms with Gasteiger partial charge in [0.25, 0.3) is 0 Å². The third-order valence-corrected chi connectivity index (χ3v) is 5.26. The van der Waals surface area contributed by atoms with E-state index in [1.54, 1.807) is 0 Å². The minimum Gasteiger partial charge on any atom is -0.154 e. The van der Waals surface area contributed by atoms with E-state index >= 15 is 0 Å². The highest BCUT2D eigenvalue weighted by molar-refractivity contribution is 5.27. The number of hydrogen-bond donors (Lipinski definition) is 0. The summed E-state index contributed by atoms with van der Waals surface area (Å²) in [5, 5.41) is 8.75. The molecule has 0 N–H and O–H groups in total. The molecular weight excluding hydrogens is 292 g/mol. The van der Waals surface area contributed by atoms with Crippen LogP contribution in [0.1, 0.15) is 108 Å². The van der Waals surface area contributed by atoms with Gasteiger partial charge in [-0.25, -0.2) is 0 Å². The molecule has 132 valence electrons. The van der Waals surface area contributed by atoms with Gasteiger partial charge in [-0.2, -0.15) is 5.10 Å². The minimum absolute atomic E-state index is 0.617. The van der Waals surface area contributed by atoms with Gasteiger partial charge in [0, 0.05) is 12.3 Å². The summed E-state index contributed by atoms with van der Waals surface area (Å²) >= 11 is 0. The van der Waals surface area contributed by atoms with Gasteiger partial charge < -0.3 is 0 Å². The molecule has 1 heterocycles. The van der Waals surface area contributed by atoms with Crippen LogP contribution >= 0.6 is 0 Å². The third-order valence-electron chi connectivity index (χ3n) is 5.26. The molecular formula is C22H34N2. The fraction of sp³-hybridized carbons (Fsp3) is 0.727. The Morgan fingerprint density at radius 2 is 1.71 bits per heavy atom. The zero-order valence-electron chi connectivity index (χ0n) is 15.7. The van der Waals surface area contributed by atoms with Gasteiger partial charge in [-0.3, -0.25) is 0 Å². The maximum Gasteiger partial charge on any atom is 0.135 e. The van der Waals surface area contributed by atoms with E-state index in [1.807, 2.05) is 6.07 Å². The van der Waals surface area contributed by atoms with Crippen molar-refractivity contribution in [2.24, 2.45) is 5.92 Å². The smallest absolute Gasteiger partial charge is 0.135 e. The van der Waals surface area contributed by atoms with Gasteiger partial charge in [-0.05, 0) is 56.1 Å². The molecule has 0 amide bonds. The maximum absolute atomic E-state index is 4.45. The molecule has 1 fully saturated rings. The number of hydrogen-bond acceptors (Lipinski definition) is 2. The first-order chi connectivity index (χ1) is 11.8. The van der Waals surface area contributed by atoms with Gasteiger partial charge in [-0.1, -0.05) is 58.3 Å². The van der Waals surface area contributed by atoms with Crippen molar-refractivity contribution in [3.8, 4) is 11.8 Å². The lowest BCUT2D eigenvalue weighted by Gasteiger charge is -2.28. The van der Waals surface area contributed by atoms with E-state index in [0.29, 0.717) is 5.92 Å². The van der Waals surface area contributed by atoms with Crippen LogP contribution in [0.4, 0.5) is 0 Å². The van der Waals surface area contributed by atoms with E-state index < -0.39 is 0 Å². The molecule has 0 atom stereocenters. The van der Waals surface area contributed by atoms with E-state index in [-0.39, 0.29) is 0 Å². The Bertz CT molecular complexity index is 501. The van der Waals surface area contributed by atoms with Crippen molar-refractivity contribution in [1.82, 2.24) is 10.2 Å². The second kappa shape index (κ2) is 11.2. The Balaban J connectivity index is 1.71. The molecule has 0 radical (unpaired) electrons. The molecule has 1 aliphatic rings. The number of rotatable bonds is 8. The van der Waals surface area contributed by atoms with Gasteiger partial charge in [0.15, 0.2) is 0 Å². The molecule has 2 rings (SSSR count). The summed E-state index contributed by atoms with van der Waals surface area (Å²) in [6.07, 6.45) is 15.8. The summed E-state index contributed by atoms with van der Waals surface area (Å²) in [4.78, 5) is 0. The van der Waals surface area contributed by atoms with Crippen LogP contribution in [0.3, 0.4) is 0 Å². The highest BCUT2D eigenvalue weighted by Crippen LogP contribution is 2.36. The van der Waals surface area contributed by atoms with E-state index in [2.05, 4.69) is 42.0 Å². The molecule has 1 aromatic heterocycles. The minimum atomic E-state index is 0.617. The number of unbranched alkanes of at least 4 members (excludes halogenated alkanes) is 5. The molecule has 0 unspecified atom stereocenters. The van der Waals surface area contributed by atoms with E-state index in [0.717, 1.165) is 24.5 Å². The first kappa shape index (κ1) is 19.0. The van der Waals surface area contributed by atoms with E-state index in [9.17, 15) is 0 Å². The lowest BCUT2D eigenvalue weighted by Crippen LogP contribution is -2.14. The van der Waals surface area contributed by atoms with Crippen molar-refractivity contribution in [3.63, 3.8) is 0 Å². The second-order valence-corrected chi connectivity index (χ2v) is 7.32. The molecule has 0 aromatic carbocycles. The van der Waals surface area contributed by atoms with Gasteiger partial charge in [0.1, 0.15) is 5.69 Å². The van der Waals surface area contributed by atoms with Crippen molar-refractivity contribution in [1.29, 1.82) is 0 Å². The summed E-state index contributed by atoms with van der Waals surface area (Å²) in [6.45, 7) is 4.43. The Labute approximate surface area is 148 Å². The highest BCUT2D eigenvalue weighted by atomic mass is 15.1.